The van der Waals surface area contributed by atoms with Gasteiger partial charge in [0.05, 0.1) is 12.9 Å². The molecule has 0 aromatic rings. The highest BCUT2D eigenvalue weighted by molar-refractivity contribution is 5.66. The molecule has 0 rings (SSSR count). The number of unbranched alkanes of at least 4 members (excludes halogenated alkanes) is 4. The second kappa shape index (κ2) is 12.9. The van der Waals surface area contributed by atoms with Gasteiger partial charge >= 0.3 is 0 Å². The number of aldehydes is 1. The minimum atomic E-state index is -0.916. The monoisotopic (exact) mass is 282 g/mol. The number of carbonyl (C=O) groups is 1. The molecular formula is C17H30O3. The number of carbonyl (C=O) groups excluding carboxylic acids is 1. The Kier molecular flexibility index (Phi) is 12.2. The molecule has 0 saturated heterocycles. The molecule has 0 radical (unpaired) electrons. The maximum atomic E-state index is 11.4. The fourth-order valence-corrected chi connectivity index (χ4v) is 1.80. The van der Waals surface area contributed by atoms with Gasteiger partial charge in [0.1, 0.15) is 5.60 Å². The van der Waals surface area contributed by atoms with Crippen molar-refractivity contribution in [1.82, 2.24) is 0 Å². The zero-order valence-corrected chi connectivity index (χ0v) is 13.1. The van der Waals surface area contributed by atoms with E-state index in [1.54, 1.807) is 18.4 Å². The molecule has 0 amide bonds. The first-order valence-electron chi connectivity index (χ1n) is 7.75. The van der Waals surface area contributed by atoms with Crippen LogP contribution in [0.15, 0.2) is 25.0 Å². The lowest BCUT2D eigenvalue weighted by atomic mass is 10.0. The zero-order valence-electron chi connectivity index (χ0n) is 13.1. The maximum Gasteiger partial charge on any atom is 0.156 e. The fraction of sp³-hybridized carbons (Fsp3) is 0.706. The smallest absolute Gasteiger partial charge is 0.156 e. The minimum Gasteiger partial charge on any atom is -0.501 e. The molecule has 0 heterocycles. The van der Waals surface area contributed by atoms with Crippen molar-refractivity contribution < 1.29 is 14.3 Å². The molecule has 0 saturated carbocycles. The largest absolute Gasteiger partial charge is 0.501 e. The molecule has 3 heteroatoms. The first-order valence-corrected chi connectivity index (χ1v) is 7.75. The third kappa shape index (κ3) is 8.92. The Morgan fingerprint density at radius 1 is 1.05 bits per heavy atom. The van der Waals surface area contributed by atoms with E-state index in [0.29, 0.717) is 19.6 Å². The van der Waals surface area contributed by atoms with Gasteiger partial charge in [-0.05, 0) is 18.9 Å². The van der Waals surface area contributed by atoms with E-state index < -0.39 is 5.60 Å². The van der Waals surface area contributed by atoms with Crippen molar-refractivity contribution in [2.75, 3.05) is 13.2 Å². The molecule has 0 aliphatic carbocycles. The molecule has 0 N–H and O–H groups in total. The summed E-state index contributed by atoms with van der Waals surface area (Å²) in [5.74, 6) is 0. The zero-order chi connectivity index (χ0) is 15.1. The van der Waals surface area contributed by atoms with Crippen LogP contribution >= 0.6 is 0 Å². The SMILES string of the molecule is C=CCC(C=O)(/C=C/OCCCCC)OCCCCC. The quantitative estimate of drug-likeness (QED) is 0.205. The summed E-state index contributed by atoms with van der Waals surface area (Å²) < 4.78 is 11.2. The number of rotatable bonds is 14. The lowest BCUT2D eigenvalue weighted by molar-refractivity contribution is -0.125. The molecule has 3 nitrogen and oxygen atoms in total. The minimum absolute atomic E-state index is 0.470. The fourth-order valence-electron chi connectivity index (χ4n) is 1.80. The molecule has 0 fully saturated rings. The van der Waals surface area contributed by atoms with Crippen molar-refractivity contribution >= 4 is 6.29 Å². The Morgan fingerprint density at radius 2 is 1.70 bits per heavy atom. The summed E-state index contributed by atoms with van der Waals surface area (Å²) in [6, 6.07) is 0. The molecule has 1 unspecified atom stereocenters. The normalized spacial score (nSPS) is 14.1. The van der Waals surface area contributed by atoms with E-state index in [0.717, 1.165) is 38.4 Å². The number of hydrogen-bond acceptors (Lipinski definition) is 3. The Bertz CT molecular complexity index is 273. The van der Waals surface area contributed by atoms with Crippen LogP contribution in [0, 0.1) is 0 Å². The van der Waals surface area contributed by atoms with Crippen LogP contribution in [-0.4, -0.2) is 25.1 Å². The van der Waals surface area contributed by atoms with E-state index in [9.17, 15) is 4.79 Å². The highest BCUT2D eigenvalue weighted by Gasteiger charge is 2.26. The molecule has 1 atom stereocenters. The molecule has 0 aromatic carbocycles. The molecule has 116 valence electrons. The topological polar surface area (TPSA) is 35.5 Å². The maximum absolute atomic E-state index is 11.4. The van der Waals surface area contributed by atoms with E-state index in [2.05, 4.69) is 20.4 Å². The Labute approximate surface area is 124 Å². The van der Waals surface area contributed by atoms with E-state index in [1.165, 1.54) is 6.42 Å². The predicted molar refractivity (Wildman–Crippen MR) is 83.7 cm³/mol. The van der Waals surface area contributed by atoms with Crippen LogP contribution in [0.1, 0.15) is 58.8 Å². The van der Waals surface area contributed by atoms with Crippen LogP contribution in [0.25, 0.3) is 0 Å². The summed E-state index contributed by atoms with van der Waals surface area (Å²) in [5.41, 5.74) is -0.916. The van der Waals surface area contributed by atoms with Crippen molar-refractivity contribution in [2.24, 2.45) is 0 Å². The summed E-state index contributed by atoms with van der Waals surface area (Å²) in [5, 5.41) is 0. The third-order valence-electron chi connectivity index (χ3n) is 3.09. The van der Waals surface area contributed by atoms with Crippen molar-refractivity contribution in [3.8, 4) is 0 Å². The van der Waals surface area contributed by atoms with Gasteiger partial charge in [-0.3, -0.25) is 4.79 Å². The number of ether oxygens (including phenoxy) is 2. The Balaban J connectivity index is 4.25. The molecule has 20 heavy (non-hydrogen) atoms. The summed E-state index contributed by atoms with van der Waals surface area (Å²) in [6.07, 6.45) is 12.9. The van der Waals surface area contributed by atoms with Gasteiger partial charge < -0.3 is 9.47 Å². The second-order valence-electron chi connectivity index (χ2n) is 5.00. The van der Waals surface area contributed by atoms with Gasteiger partial charge in [0.15, 0.2) is 6.29 Å². The molecule has 0 aliphatic heterocycles. The molecule has 0 bridgehead atoms. The van der Waals surface area contributed by atoms with Crippen LogP contribution in [0.2, 0.25) is 0 Å². The van der Waals surface area contributed by atoms with Gasteiger partial charge in [0.2, 0.25) is 0 Å². The van der Waals surface area contributed by atoms with Gasteiger partial charge in [-0.1, -0.05) is 45.6 Å². The molecular weight excluding hydrogens is 252 g/mol. The summed E-state index contributed by atoms with van der Waals surface area (Å²) >= 11 is 0. The summed E-state index contributed by atoms with van der Waals surface area (Å²) in [4.78, 5) is 11.4. The third-order valence-corrected chi connectivity index (χ3v) is 3.09. The first kappa shape index (κ1) is 18.9. The van der Waals surface area contributed by atoms with Crippen molar-refractivity contribution in [2.45, 2.75) is 64.4 Å². The van der Waals surface area contributed by atoms with Gasteiger partial charge in [0, 0.05) is 13.0 Å². The summed E-state index contributed by atoms with van der Waals surface area (Å²) in [7, 11) is 0. The second-order valence-corrected chi connectivity index (χ2v) is 5.00. The van der Waals surface area contributed by atoms with Gasteiger partial charge in [-0.25, -0.2) is 0 Å². The van der Waals surface area contributed by atoms with E-state index in [1.807, 2.05) is 0 Å². The van der Waals surface area contributed by atoms with E-state index >= 15 is 0 Å². The Morgan fingerprint density at radius 3 is 2.25 bits per heavy atom. The lowest BCUT2D eigenvalue weighted by Gasteiger charge is -2.23. The van der Waals surface area contributed by atoms with Crippen molar-refractivity contribution in [3.05, 3.63) is 25.0 Å². The predicted octanol–water partition coefficient (Wildman–Crippen LogP) is 4.43. The van der Waals surface area contributed by atoms with Crippen LogP contribution in [0.5, 0.6) is 0 Å². The molecule has 0 spiro atoms. The lowest BCUT2D eigenvalue weighted by Crippen LogP contribution is -2.32. The number of hydrogen-bond donors (Lipinski definition) is 0. The average molecular weight is 282 g/mol. The standard InChI is InChI=1S/C17H30O3/c1-4-7-9-13-19-15-12-17(16-18,11-6-3)20-14-10-8-5-2/h6,12,15-16H,3-5,7-11,13-14H2,1-2H3/b15-12+. The Hall–Kier alpha value is -1.09. The van der Waals surface area contributed by atoms with E-state index in [-0.39, 0.29) is 0 Å². The van der Waals surface area contributed by atoms with Gasteiger partial charge in [-0.15, -0.1) is 6.58 Å². The highest BCUT2D eigenvalue weighted by Crippen LogP contribution is 2.17. The van der Waals surface area contributed by atoms with Crippen LogP contribution < -0.4 is 0 Å². The average Bonchev–Trinajstić information content (AvgIpc) is 2.47. The highest BCUT2D eigenvalue weighted by atomic mass is 16.5. The van der Waals surface area contributed by atoms with E-state index in [4.69, 9.17) is 9.47 Å². The van der Waals surface area contributed by atoms with Crippen molar-refractivity contribution in [3.63, 3.8) is 0 Å². The van der Waals surface area contributed by atoms with Crippen molar-refractivity contribution in [1.29, 1.82) is 0 Å². The van der Waals surface area contributed by atoms with Gasteiger partial charge in [0.25, 0.3) is 0 Å². The first-order chi connectivity index (χ1) is 9.74. The van der Waals surface area contributed by atoms with Gasteiger partial charge in [-0.2, -0.15) is 0 Å². The molecule has 0 aromatic heterocycles. The van der Waals surface area contributed by atoms with Crippen LogP contribution in [0.4, 0.5) is 0 Å². The van der Waals surface area contributed by atoms with Crippen LogP contribution in [0.3, 0.4) is 0 Å². The molecule has 0 aliphatic rings. The van der Waals surface area contributed by atoms with Crippen LogP contribution in [-0.2, 0) is 14.3 Å². The summed E-state index contributed by atoms with van der Waals surface area (Å²) in [6.45, 7) is 9.25.